The summed E-state index contributed by atoms with van der Waals surface area (Å²) in [5.41, 5.74) is 7.19. The molecule has 0 aliphatic carbocycles. The zero-order valence-corrected chi connectivity index (χ0v) is 11.9. The van der Waals surface area contributed by atoms with Crippen molar-refractivity contribution in [3.8, 4) is 0 Å². The van der Waals surface area contributed by atoms with Gasteiger partial charge in [0, 0.05) is 33.5 Å². The Morgan fingerprint density at radius 1 is 1.58 bits per heavy atom. The summed E-state index contributed by atoms with van der Waals surface area (Å²) in [7, 11) is 3.42. The van der Waals surface area contributed by atoms with Crippen LogP contribution in [-0.4, -0.2) is 43.1 Å². The van der Waals surface area contributed by atoms with Crippen molar-refractivity contribution in [3.05, 3.63) is 23.2 Å². The van der Waals surface area contributed by atoms with Gasteiger partial charge >= 0.3 is 0 Å². The lowest BCUT2D eigenvalue weighted by molar-refractivity contribution is 0.0785. The molecule has 1 amide bonds. The number of nitrogens with two attached hydrogens (primary N) is 1. The number of carbonyl (C=O) groups excluding carboxylic acids is 1. The molecule has 102 valence electrons. The highest BCUT2D eigenvalue weighted by Crippen LogP contribution is 2.32. The standard InChI is InChI=1S/C13H17N3O2S/c1-16(7-4-8-18-2)13(17)12-10(14)11-9(19-12)5-3-6-15-11/h3,5-6H,4,7-8,14H2,1-2H3. The summed E-state index contributed by atoms with van der Waals surface area (Å²) in [4.78, 5) is 18.8. The van der Waals surface area contributed by atoms with Crippen LogP contribution in [0.25, 0.3) is 10.2 Å². The smallest absolute Gasteiger partial charge is 0.265 e. The predicted molar refractivity (Wildman–Crippen MR) is 77.5 cm³/mol. The molecule has 2 heterocycles. The number of carbonyl (C=O) groups is 1. The van der Waals surface area contributed by atoms with Gasteiger partial charge in [-0.05, 0) is 18.6 Å². The molecule has 0 saturated heterocycles. The normalized spacial score (nSPS) is 10.8. The van der Waals surface area contributed by atoms with Crippen molar-refractivity contribution in [1.29, 1.82) is 0 Å². The molecule has 2 aromatic rings. The Labute approximate surface area is 116 Å². The molecule has 0 unspecified atom stereocenters. The molecular weight excluding hydrogens is 262 g/mol. The number of fused-ring (bicyclic) bond motifs is 1. The summed E-state index contributed by atoms with van der Waals surface area (Å²) in [5.74, 6) is -0.0587. The Morgan fingerprint density at radius 2 is 2.37 bits per heavy atom. The van der Waals surface area contributed by atoms with E-state index in [-0.39, 0.29) is 5.91 Å². The molecule has 0 aliphatic rings. The molecule has 0 aliphatic heterocycles. The minimum Gasteiger partial charge on any atom is -0.396 e. The SMILES string of the molecule is COCCCN(C)C(=O)c1sc2cccnc2c1N. The summed E-state index contributed by atoms with van der Waals surface area (Å²) >= 11 is 1.39. The Kier molecular flexibility index (Phi) is 4.34. The molecule has 6 heteroatoms. The monoisotopic (exact) mass is 279 g/mol. The lowest BCUT2D eigenvalue weighted by atomic mass is 10.3. The summed E-state index contributed by atoms with van der Waals surface area (Å²) in [6.07, 6.45) is 2.49. The maximum Gasteiger partial charge on any atom is 0.265 e. The molecule has 2 N–H and O–H groups in total. The molecule has 0 saturated carbocycles. The highest BCUT2D eigenvalue weighted by molar-refractivity contribution is 7.21. The molecule has 5 nitrogen and oxygen atoms in total. The minimum atomic E-state index is -0.0587. The van der Waals surface area contributed by atoms with Gasteiger partial charge in [-0.3, -0.25) is 9.78 Å². The summed E-state index contributed by atoms with van der Waals surface area (Å²) < 4.78 is 5.92. The first-order valence-corrected chi connectivity index (χ1v) is 6.84. The van der Waals surface area contributed by atoms with Crippen LogP contribution in [0.2, 0.25) is 0 Å². The van der Waals surface area contributed by atoms with E-state index in [4.69, 9.17) is 10.5 Å². The average Bonchev–Trinajstić information content (AvgIpc) is 2.76. The first-order chi connectivity index (χ1) is 9.15. The third kappa shape index (κ3) is 2.85. The third-order valence-corrected chi connectivity index (χ3v) is 4.01. The van der Waals surface area contributed by atoms with Gasteiger partial charge in [-0.15, -0.1) is 11.3 Å². The Hall–Kier alpha value is -1.66. The van der Waals surface area contributed by atoms with Crippen LogP contribution in [0.5, 0.6) is 0 Å². The number of amides is 1. The number of rotatable bonds is 5. The van der Waals surface area contributed by atoms with E-state index in [1.54, 1.807) is 25.3 Å². The molecule has 2 aromatic heterocycles. The molecule has 0 spiro atoms. The molecule has 0 fully saturated rings. The molecule has 19 heavy (non-hydrogen) atoms. The van der Waals surface area contributed by atoms with Crippen LogP contribution >= 0.6 is 11.3 Å². The van der Waals surface area contributed by atoms with Crippen molar-refractivity contribution in [2.24, 2.45) is 0 Å². The van der Waals surface area contributed by atoms with Gasteiger partial charge < -0.3 is 15.4 Å². The summed E-state index contributed by atoms with van der Waals surface area (Å²) in [6, 6.07) is 3.76. The van der Waals surface area contributed by atoms with Gasteiger partial charge in [-0.2, -0.15) is 0 Å². The van der Waals surface area contributed by atoms with Gasteiger partial charge in [0.1, 0.15) is 10.4 Å². The first-order valence-electron chi connectivity index (χ1n) is 6.02. The largest absolute Gasteiger partial charge is 0.396 e. The van der Waals surface area contributed by atoms with E-state index in [1.807, 2.05) is 12.1 Å². The fourth-order valence-corrected chi connectivity index (χ4v) is 2.90. The highest BCUT2D eigenvalue weighted by Gasteiger charge is 2.19. The molecule has 0 aromatic carbocycles. The van der Waals surface area contributed by atoms with E-state index in [2.05, 4.69) is 4.98 Å². The zero-order valence-electron chi connectivity index (χ0n) is 11.0. The van der Waals surface area contributed by atoms with Crippen molar-refractivity contribution >= 4 is 33.1 Å². The van der Waals surface area contributed by atoms with E-state index in [9.17, 15) is 4.79 Å². The minimum absolute atomic E-state index is 0.0587. The van der Waals surface area contributed by atoms with Crippen LogP contribution in [0.15, 0.2) is 18.3 Å². The van der Waals surface area contributed by atoms with Crippen LogP contribution in [0.3, 0.4) is 0 Å². The fourth-order valence-electron chi connectivity index (χ4n) is 1.83. The average molecular weight is 279 g/mol. The van der Waals surface area contributed by atoms with Gasteiger partial charge in [0.2, 0.25) is 0 Å². The van der Waals surface area contributed by atoms with E-state index < -0.39 is 0 Å². The fraction of sp³-hybridized carbons (Fsp3) is 0.385. The number of nitrogen functional groups attached to an aromatic ring is 1. The van der Waals surface area contributed by atoms with Crippen LogP contribution < -0.4 is 5.73 Å². The lowest BCUT2D eigenvalue weighted by Crippen LogP contribution is -2.28. The van der Waals surface area contributed by atoms with Crippen molar-refractivity contribution in [3.63, 3.8) is 0 Å². The number of methoxy groups -OCH3 is 1. The Balaban J connectivity index is 2.19. The number of hydrogen-bond donors (Lipinski definition) is 1. The molecule has 0 atom stereocenters. The second kappa shape index (κ2) is 5.99. The topological polar surface area (TPSA) is 68.5 Å². The van der Waals surface area contributed by atoms with Crippen molar-refractivity contribution in [2.75, 3.05) is 33.0 Å². The number of hydrogen-bond acceptors (Lipinski definition) is 5. The number of pyridine rings is 1. The van der Waals surface area contributed by atoms with Gasteiger partial charge in [0.15, 0.2) is 0 Å². The maximum atomic E-state index is 12.3. The van der Waals surface area contributed by atoms with E-state index >= 15 is 0 Å². The van der Waals surface area contributed by atoms with Crippen LogP contribution in [0.4, 0.5) is 5.69 Å². The Bertz CT molecular complexity index is 582. The van der Waals surface area contributed by atoms with Crippen molar-refractivity contribution in [2.45, 2.75) is 6.42 Å². The second-order valence-corrected chi connectivity index (χ2v) is 5.32. The van der Waals surface area contributed by atoms with Crippen LogP contribution in [-0.2, 0) is 4.74 Å². The van der Waals surface area contributed by atoms with Gasteiger partial charge in [0.05, 0.1) is 10.4 Å². The van der Waals surface area contributed by atoms with Gasteiger partial charge in [-0.1, -0.05) is 0 Å². The highest BCUT2D eigenvalue weighted by atomic mass is 32.1. The Morgan fingerprint density at radius 3 is 3.05 bits per heavy atom. The predicted octanol–water partition coefficient (Wildman–Crippen LogP) is 1.99. The number of anilines is 1. The van der Waals surface area contributed by atoms with E-state index in [1.165, 1.54) is 11.3 Å². The number of ether oxygens (including phenoxy) is 1. The first kappa shape index (κ1) is 13.8. The molecule has 2 rings (SSSR count). The van der Waals surface area contributed by atoms with E-state index in [0.29, 0.717) is 29.2 Å². The lowest BCUT2D eigenvalue weighted by Gasteiger charge is -2.16. The summed E-state index contributed by atoms with van der Waals surface area (Å²) in [6.45, 7) is 1.29. The summed E-state index contributed by atoms with van der Waals surface area (Å²) in [5, 5.41) is 0. The third-order valence-electron chi connectivity index (χ3n) is 2.87. The van der Waals surface area contributed by atoms with Crippen LogP contribution in [0.1, 0.15) is 16.1 Å². The maximum absolute atomic E-state index is 12.3. The van der Waals surface area contributed by atoms with Crippen LogP contribution in [0, 0.1) is 0 Å². The van der Waals surface area contributed by atoms with Gasteiger partial charge in [0.25, 0.3) is 5.91 Å². The molecule has 0 bridgehead atoms. The zero-order chi connectivity index (χ0) is 13.8. The second-order valence-electron chi connectivity index (χ2n) is 4.27. The van der Waals surface area contributed by atoms with E-state index in [0.717, 1.165) is 11.1 Å². The quantitative estimate of drug-likeness (QED) is 0.850. The molecule has 0 radical (unpaired) electrons. The molecular formula is C13H17N3O2S. The van der Waals surface area contributed by atoms with Crippen molar-refractivity contribution < 1.29 is 9.53 Å². The number of nitrogens with zero attached hydrogens (tertiary/aromatic N) is 2. The number of aromatic nitrogens is 1. The van der Waals surface area contributed by atoms with Crippen molar-refractivity contribution in [1.82, 2.24) is 9.88 Å². The van der Waals surface area contributed by atoms with Gasteiger partial charge in [-0.25, -0.2) is 0 Å². The number of thiophene rings is 1.